The molecule has 2 amide bonds. The van der Waals surface area contributed by atoms with Gasteiger partial charge in [0.25, 0.3) is 11.8 Å². The van der Waals surface area contributed by atoms with Crippen LogP contribution in [-0.4, -0.2) is 60.5 Å². The van der Waals surface area contributed by atoms with E-state index >= 15 is 0 Å². The van der Waals surface area contributed by atoms with Gasteiger partial charge < -0.3 is 15.0 Å². The highest BCUT2D eigenvalue weighted by atomic mass is 16.5. The molecule has 6 nitrogen and oxygen atoms in total. The Hall–Kier alpha value is -2.70. The average molecular weight is 408 g/mol. The Morgan fingerprint density at radius 3 is 2.60 bits per heavy atom. The van der Waals surface area contributed by atoms with Crippen molar-refractivity contribution in [3.8, 4) is 0 Å². The van der Waals surface area contributed by atoms with E-state index in [2.05, 4.69) is 41.4 Å². The number of piperazine rings is 1. The second-order valence-corrected chi connectivity index (χ2v) is 8.13. The first kappa shape index (κ1) is 20.6. The predicted octanol–water partition coefficient (Wildman–Crippen LogP) is 3.07. The minimum atomic E-state index is -0.383. The van der Waals surface area contributed by atoms with Crippen molar-refractivity contribution in [1.82, 2.24) is 9.80 Å². The lowest BCUT2D eigenvalue weighted by molar-refractivity contribution is -0.124. The molecule has 6 heteroatoms. The third-order valence-corrected chi connectivity index (χ3v) is 5.75. The lowest BCUT2D eigenvalue weighted by Gasteiger charge is -2.35. The molecular formula is C24H29N3O3. The number of amides is 2. The Balaban J connectivity index is 1.32. The number of hydrogen-bond acceptors (Lipinski definition) is 4. The molecule has 0 saturated carbocycles. The summed E-state index contributed by atoms with van der Waals surface area (Å²) in [5.74, 6) is -0.125. The summed E-state index contributed by atoms with van der Waals surface area (Å²) < 4.78 is 5.43. The normalized spacial score (nSPS) is 19.6. The molecule has 2 fully saturated rings. The highest BCUT2D eigenvalue weighted by molar-refractivity contribution is 5.98. The monoisotopic (exact) mass is 407 g/mol. The van der Waals surface area contributed by atoms with Crippen molar-refractivity contribution in [2.45, 2.75) is 32.4 Å². The number of carbonyl (C=O) groups excluding carboxylic acids is 2. The first-order valence-corrected chi connectivity index (χ1v) is 10.7. The molecule has 158 valence electrons. The maximum absolute atomic E-state index is 13.0. The number of anilines is 1. The number of nitrogens with zero attached hydrogens (tertiary/aromatic N) is 2. The summed E-state index contributed by atoms with van der Waals surface area (Å²) in [5, 5.41) is 2.88. The van der Waals surface area contributed by atoms with Gasteiger partial charge in [0, 0.05) is 50.6 Å². The van der Waals surface area contributed by atoms with Crippen LogP contribution >= 0.6 is 0 Å². The van der Waals surface area contributed by atoms with Crippen LogP contribution in [0.5, 0.6) is 0 Å². The number of aryl methyl sites for hydroxylation is 1. The fourth-order valence-electron chi connectivity index (χ4n) is 4.10. The van der Waals surface area contributed by atoms with Gasteiger partial charge >= 0.3 is 0 Å². The van der Waals surface area contributed by atoms with Crippen LogP contribution in [0.2, 0.25) is 0 Å². The van der Waals surface area contributed by atoms with Gasteiger partial charge in [0.1, 0.15) is 6.10 Å². The van der Waals surface area contributed by atoms with Crippen molar-refractivity contribution >= 4 is 17.5 Å². The van der Waals surface area contributed by atoms with Gasteiger partial charge in [0.05, 0.1) is 0 Å². The molecule has 1 unspecified atom stereocenters. The molecule has 2 aromatic rings. The molecule has 2 aromatic carbocycles. The Morgan fingerprint density at radius 2 is 1.87 bits per heavy atom. The molecule has 0 radical (unpaired) electrons. The van der Waals surface area contributed by atoms with E-state index in [1.807, 2.05) is 23.1 Å². The third kappa shape index (κ3) is 5.07. The van der Waals surface area contributed by atoms with Crippen LogP contribution in [0.3, 0.4) is 0 Å². The van der Waals surface area contributed by atoms with Gasteiger partial charge in [-0.2, -0.15) is 0 Å². The maximum Gasteiger partial charge on any atom is 0.254 e. The molecule has 2 aliphatic rings. The summed E-state index contributed by atoms with van der Waals surface area (Å²) in [6, 6.07) is 15.8. The first-order chi connectivity index (χ1) is 14.6. The van der Waals surface area contributed by atoms with Gasteiger partial charge in [0.15, 0.2) is 0 Å². The van der Waals surface area contributed by atoms with Crippen LogP contribution in [0.15, 0.2) is 48.5 Å². The second-order valence-electron chi connectivity index (χ2n) is 8.13. The Labute approximate surface area is 177 Å². The zero-order valence-corrected chi connectivity index (χ0v) is 17.5. The molecular weight excluding hydrogens is 378 g/mol. The highest BCUT2D eigenvalue weighted by Crippen LogP contribution is 2.18. The van der Waals surface area contributed by atoms with E-state index in [1.165, 1.54) is 11.1 Å². The average Bonchev–Trinajstić information content (AvgIpc) is 3.29. The van der Waals surface area contributed by atoms with E-state index in [9.17, 15) is 9.59 Å². The quantitative estimate of drug-likeness (QED) is 0.828. The smallest absolute Gasteiger partial charge is 0.254 e. The van der Waals surface area contributed by atoms with Gasteiger partial charge in [-0.05, 0) is 43.5 Å². The van der Waals surface area contributed by atoms with Gasteiger partial charge in [-0.1, -0.05) is 35.9 Å². The van der Waals surface area contributed by atoms with Crippen LogP contribution in [-0.2, 0) is 16.1 Å². The number of rotatable bonds is 5. The number of nitrogens with one attached hydrogen (secondary N) is 1. The summed E-state index contributed by atoms with van der Waals surface area (Å²) in [7, 11) is 0. The number of hydrogen-bond donors (Lipinski definition) is 1. The van der Waals surface area contributed by atoms with E-state index in [1.54, 1.807) is 6.07 Å². The van der Waals surface area contributed by atoms with Crippen molar-refractivity contribution in [2.24, 2.45) is 0 Å². The van der Waals surface area contributed by atoms with Crippen molar-refractivity contribution < 1.29 is 14.3 Å². The standard InChI is InChI=1S/C24H29N3O3/c1-18-5-2-6-19(15-18)17-26-10-12-27(13-11-26)24(29)20-7-3-8-21(16-20)25-23(28)22-9-4-14-30-22/h2-3,5-8,15-16,22H,4,9-14,17H2,1H3,(H,25,28). The van der Waals surface area contributed by atoms with Crippen molar-refractivity contribution in [3.63, 3.8) is 0 Å². The van der Waals surface area contributed by atoms with Crippen molar-refractivity contribution in [2.75, 3.05) is 38.1 Å². The summed E-state index contributed by atoms with van der Waals surface area (Å²) in [6.07, 6.45) is 1.27. The van der Waals surface area contributed by atoms with Crippen molar-refractivity contribution in [1.29, 1.82) is 0 Å². The molecule has 2 saturated heterocycles. The number of benzene rings is 2. The van der Waals surface area contributed by atoms with Gasteiger partial charge in [-0.15, -0.1) is 0 Å². The van der Waals surface area contributed by atoms with E-state index in [0.717, 1.165) is 32.5 Å². The fourth-order valence-corrected chi connectivity index (χ4v) is 4.10. The van der Waals surface area contributed by atoms with Crippen molar-refractivity contribution in [3.05, 3.63) is 65.2 Å². The molecule has 0 aliphatic carbocycles. The summed E-state index contributed by atoms with van der Waals surface area (Å²) in [6.45, 7) is 6.77. The minimum absolute atomic E-state index is 0.0124. The molecule has 1 atom stereocenters. The molecule has 0 spiro atoms. The number of carbonyl (C=O) groups is 2. The van der Waals surface area contributed by atoms with Crippen LogP contribution < -0.4 is 5.32 Å². The summed E-state index contributed by atoms with van der Waals surface area (Å²) >= 11 is 0. The van der Waals surface area contributed by atoms with E-state index in [-0.39, 0.29) is 17.9 Å². The molecule has 2 aliphatic heterocycles. The Bertz CT molecular complexity index is 900. The molecule has 2 heterocycles. The lowest BCUT2D eigenvalue weighted by Crippen LogP contribution is -2.48. The minimum Gasteiger partial charge on any atom is -0.368 e. The SMILES string of the molecule is Cc1cccc(CN2CCN(C(=O)c3cccc(NC(=O)C4CCCO4)c3)CC2)c1. The zero-order chi connectivity index (χ0) is 20.9. The van der Waals surface area contributed by atoms with Gasteiger partial charge in [-0.3, -0.25) is 14.5 Å². The molecule has 30 heavy (non-hydrogen) atoms. The van der Waals surface area contributed by atoms with Crippen LogP contribution in [0.4, 0.5) is 5.69 Å². The van der Waals surface area contributed by atoms with Crippen LogP contribution in [0.1, 0.15) is 34.3 Å². The summed E-state index contributed by atoms with van der Waals surface area (Å²) in [4.78, 5) is 29.5. The maximum atomic E-state index is 13.0. The van der Waals surface area contributed by atoms with E-state index < -0.39 is 0 Å². The van der Waals surface area contributed by atoms with E-state index in [0.29, 0.717) is 30.9 Å². The third-order valence-electron chi connectivity index (χ3n) is 5.75. The second kappa shape index (κ2) is 9.41. The molecule has 4 rings (SSSR count). The zero-order valence-electron chi connectivity index (χ0n) is 17.5. The Kier molecular flexibility index (Phi) is 6.45. The first-order valence-electron chi connectivity index (χ1n) is 10.7. The topological polar surface area (TPSA) is 61.9 Å². The van der Waals surface area contributed by atoms with E-state index in [4.69, 9.17) is 4.74 Å². The molecule has 1 N–H and O–H groups in total. The van der Waals surface area contributed by atoms with Crippen LogP contribution in [0.25, 0.3) is 0 Å². The lowest BCUT2D eigenvalue weighted by atomic mass is 10.1. The van der Waals surface area contributed by atoms with Gasteiger partial charge in [0.2, 0.25) is 0 Å². The molecule has 0 aromatic heterocycles. The predicted molar refractivity (Wildman–Crippen MR) is 116 cm³/mol. The summed E-state index contributed by atoms with van der Waals surface area (Å²) in [5.41, 5.74) is 3.82. The Morgan fingerprint density at radius 1 is 1.07 bits per heavy atom. The fraction of sp³-hybridized carbons (Fsp3) is 0.417. The van der Waals surface area contributed by atoms with Gasteiger partial charge in [-0.25, -0.2) is 0 Å². The molecule has 0 bridgehead atoms. The van der Waals surface area contributed by atoms with Crippen LogP contribution in [0, 0.1) is 6.92 Å². The number of ether oxygens (including phenoxy) is 1. The highest BCUT2D eigenvalue weighted by Gasteiger charge is 2.25. The largest absolute Gasteiger partial charge is 0.368 e.